The standard InChI is InChI=1S/C15H19ClN2O2/c1-9(2)14(15(19)20-3)17-8-12-13(16)10-6-4-5-7-11(10)18-12/h4-7,9,14,17-18H,8H2,1-3H3. The van der Waals surface area contributed by atoms with Crippen LogP contribution in [-0.2, 0) is 16.1 Å². The zero-order chi connectivity index (χ0) is 14.7. The van der Waals surface area contributed by atoms with Gasteiger partial charge in [-0.25, -0.2) is 0 Å². The monoisotopic (exact) mass is 294 g/mol. The number of hydrogen-bond donors (Lipinski definition) is 2. The fraction of sp³-hybridized carbons (Fsp3) is 0.400. The lowest BCUT2D eigenvalue weighted by Gasteiger charge is -2.19. The fourth-order valence-electron chi connectivity index (χ4n) is 2.22. The SMILES string of the molecule is COC(=O)C(NCc1[nH]c2ccccc2c1Cl)C(C)C. The second-order valence-electron chi connectivity index (χ2n) is 5.09. The van der Waals surface area contributed by atoms with Crippen molar-refractivity contribution in [2.75, 3.05) is 7.11 Å². The molecular weight excluding hydrogens is 276 g/mol. The van der Waals surface area contributed by atoms with Gasteiger partial charge in [-0.2, -0.15) is 0 Å². The lowest BCUT2D eigenvalue weighted by molar-refractivity contribution is -0.144. The van der Waals surface area contributed by atoms with Crippen LogP contribution in [0.25, 0.3) is 10.9 Å². The molecule has 5 heteroatoms. The van der Waals surface area contributed by atoms with Crippen LogP contribution in [0.1, 0.15) is 19.5 Å². The molecule has 0 fully saturated rings. The summed E-state index contributed by atoms with van der Waals surface area (Å²) in [6.07, 6.45) is 0. The number of ether oxygens (including phenoxy) is 1. The van der Waals surface area contributed by atoms with Crippen LogP contribution in [0.2, 0.25) is 5.02 Å². The molecular formula is C15H19ClN2O2. The van der Waals surface area contributed by atoms with E-state index in [2.05, 4.69) is 10.3 Å². The number of aromatic nitrogens is 1. The molecule has 0 bridgehead atoms. The quantitative estimate of drug-likeness (QED) is 0.833. The number of para-hydroxylation sites is 1. The lowest BCUT2D eigenvalue weighted by Crippen LogP contribution is -2.41. The number of carbonyl (C=O) groups is 1. The van der Waals surface area contributed by atoms with Crippen LogP contribution < -0.4 is 5.32 Å². The van der Waals surface area contributed by atoms with Gasteiger partial charge in [-0.3, -0.25) is 10.1 Å². The van der Waals surface area contributed by atoms with Crippen LogP contribution in [0, 0.1) is 5.92 Å². The summed E-state index contributed by atoms with van der Waals surface area (Å²) in [6.45, 7) is 4.44. The molecule has 1 atom stereocenters. The Hall–Kier alpha value is -1.52. The van der Waals surface area contributed by atoms with Gasteiger partial charge in [-0.15, -0.1) is 0 Å². The average molecular weight is 295 g/mol. The molecule has 20 heavy (non-hydrogen) atoms. The lowest BCUT2D eigenvalue weighted by atomic mass is 10.0. The molecule has 1 heterocycles. The van der Waals surface area contributed by atoms with Crippen LogP contribution in [0.3, 0.4) is 0 Å². The Morgan fingerprint density at radius 3 is 2.70 bits per heavy atom. The molecule has 0 aliphatic heterocycles. The molecule has 0 amide bonds. The third-order valence-electron chi connectivity index (χ3n) is 3.33. The van der Waals surface area contributed by atoms with E-state index in [0.29, 0.717) is 11.6 Å². The number of methoxy groups -OCH3 is 1. The minimum atomic E-state index is -0.345. The van der Waals surface area contributed by atoms with E-state index in [9.17, 15) is 4.79 Å². The molecule has 0 spiro atoms. The molecule has 0 saturated carbocycles. The molecule has 2 N–H and O–H groups in total. The summed E-state index contributed by atoms with van der Waals surface area (Å²) in [6, 6.07) is 7.51. The van der Waals surface area contributed by atoms with E-state index >= 15 is 0 Å². The Balaban J connectivity index is 2.16. The molecule has 0 aliphatic carbocycles. The summed E-state index contributed by atoms with van der Waals surface area (Å²) in [5.74, 6) is -0.113. The number of hydrogen-bond acceptors (Lipinski definition) is 3. The number of rotatable bonds is 5. The van der Waals surface area contributed by atoms with Gasteiger partial charge in [0.05, 0.1) is 12.1 Å². The van der Waals surface area contributed by atoms with Crippen LogP contribution >= 0.6 is 11.6 Å². The predicted octanol–water partition coefficient (Wildman–Crippen LogP) is 3.11. The normalized spacial score (nSPS) is 12.8. The largest absolute Gasteiger partial charge is 0.468 e. The Morgan fingerprint density at radius 2 is 2.10 bits per heavy atom. The number of esters is 1. The van der Waals surface area contributed by atoms with Crippen LogP contribution in [0.4, 0.5) is 0 Å². The second-order valence-corrected chi connectivity index (χ2v) is 5.47. The first-order valence-electron chi connectivity index (χ1n) is 6.61. The van der Waals surface area contributed by atoms with Crippen molar-refractivity contribution in [2.24, 2.45) is 5.92 Å². The summed E-state index contributed by atoms with van der Waals surface area (Å²) in [7, 11) is 1.40. The first-order valence-corrected chi connectivity index (χ1v) is 6.98. The number of H-pyrrole nitrogens is 1. The highest BCUT2D eigenvalue weighted by Crippen LogP contribution is 2.27. The van der Waals surface area contributed by atoms with Gasteiger partial charge >= 0.3 is 5.97 Å². The van der Waals surface area contributed by atoms with Gasteiger partial charge in [0, 0.05) is 23.1 Å². The zero-order valence-electron chi connectivity index (χ0n) is 11.9. The maximum atomic E-state index is 11.7. The summed E-state index contributed by atoms with van der Waals surface area (Å²) in [5, 5.41) is 4.88. The highest BCUT2D eigenvalue weighted by atomic mass is 35.5. The molecule has 108 valence electrons. The molecule has 0 saturated heterocycles. The molecule has 2 aromatic rings. The maximum absolute atomic E-state index is 11.7. The zero-order valence-corrected chi connectivity index (χ0v) is 12.6. The smallest absolute Gasteiger partial charge is 0.323 e. The van der Waals surface area contributed by atoms with Crippen molar-refractivity contribution in [1.82, 2.24) is 10.3 Å². The van der Waals surface area contributed by atoms with Crippen LogP contribution in [-0.4, -0.2) is 24.1 Å². The maximum Gasteiger partial charge on any atom is 0.323 e. The minimum absolute atomic E-state index is 0.144. The Kier molecular flexibility index (Phi) is 4.68. The van der Waals surface area contributed by atoms with E-state index in [1.807, 2.05) is 38.1 Å². The minimum Gasteiger partial charge on any atom is -0.468 e. The van der Waals surface area contributed by atoms with Crippen molar-refractivity contribution >= 4 is 28.5 Å². The van der Waals surface area contributed by atoms with Gasteiger partial charge in [-0.1, -0.05) is 43.6 Å². The fourth-order valence-corrected chi connectivity index (χ4v) is 2.49. The molecule has 4 nitrogen and oxygen atoms in total. The molecule has 0 aliphatic rings. The van der Waals surface area contributed by atoms with E-state index in [1.165, 1.54) is 7.11 Å². The van der Waals surface area contributed by atoms with Crippen LogP contribution in [0.15, 0.2) is 24.3 Å². The van der Waals surface area contributed by atoms with E-state index in [1.54, 1.807) is 0 Å². The van der Waals surface area contributed by atoms with Crippen LogP contribution in [0.5, 0.6) is 0 Å². The van der Waals surface area contributed by atoms with E-state index in [0.717, 1.165) is 16.6 Å². The second kappa shape index (κ2) is 6.29. The number of nitrogens with one attached hydrogen (secondary N) is 2. The van der Waals surface area contributed by atoms with Gasteiger partial charge < -0.3 is 9.72 Å². The number of carbonyl (C=O) groups excluding carboxylic acids is 1. The average Bonchev–Trinajstić information content (AvgIpc) is 2.75. The Bertz CT molecular complexity index is 607. The molecule has 1 aromatic carbocycles. The molecule has 1 unspecified atom stereocenters. The van der Waals surface area contributed by atoms with Gasteiger partial charge in [-0.05, 0) is 12.0 Å². The third-order valence-corrected chi connectivity index (χ3v) is 3.77. The van der Waals surface area contributed by atoms with Gasteiger partial charge in [0.15, 0.2) is 0 Å². The first kappa shape index (κ1) is 14.9. The van der Waals surface area contributed by atoms with Gasteiger partial charge in [0.1, 0.15) is 6.04 Å². The number of fused-ring (bicyclic) bond motifs is 1. The summed E-state index contributed by atoms with van der Waals surface area (Å²) >= 11 is 6.35. The summed E-state index contributed by atoms with van der Waals surface area (Å²) in [4.78, 5) is 15.0. The summed E-state index contributed by atoms with van der Waals surface area (Å²) in [5.41, 5.74) is 1.87. The van der Waals surface area contributed by atoms with Crippen molar-refractivity contribution < 1.29 is 9.53 Å². The molecule has 1 aromatic heterocycles. The molecule has 0 radical (unpaired) electrons. The number of aromatic amines is 1. The Morgan fingerprint density at radius 1 is 1.40 bits per heavy atom. The van der Waals surface area contributed by atoms with E-state index < -0.39 is 0 Å². The van der Waals surface area contributed by atoms with Crippen molar-refractivity contribution in [1.29, 1.82) is 0 Å². The molecule has 2 rings (SSSR count). The van der Waals surface area contributed by atoms with E-state index in [4.69, 9.17) is 16.3 Å². The highest BCUT2D eigenvalue weighted by Gasteiger charge is 2.23. The highest BCUT2D eigenvalue weighted by molar-refractivity contribution is 6.36. The Labute approximate surface area is 123 Å². The topological polar surface area (TPSA) is 54.1 Å². The summed E-state index contributed by atoms with van der Waals surface area (Å²) < 4.78 is 4.81. The van der Waals surface area contributed by atoms with Crippen molar-refractivity contribution in [3.63, 3.8) is 0 Å². The first-order chi connectivity index (χ1) is 9.54. The van der Waals surface area contributed by atoms with Crippen molar-refractivity contribution in [3.8, 4) is 0 Å². The van der Waals surface area contributed by atoms with Crippen molar-refractivity contribution in [2.45, 2.75) is 26.4 Å². The number of benzene rings is 1. The van der Waals surface area contributed by atoms with Crippen molar-refractivity contribution in [3.05, 3.63) is 35.0 Å². The number of halogens is 1. The van der Waals surface area contributed by atoms with Gasteiger partial charge in [0.2, 0.25) is 0 Å². The van der Waals surface area contributed by atoms with Gasteiger partial charge in [0.25, 0.3) is 0 Å². The predicted molar refractivity (Wildman–Crippen MR) is 80.8 cm³/mol. The van der Waals surface area contributed by atoms with E-state index in [-0.39, 0.29) is 17.9 Å². The third kappa shape index (κ3) is 2.97.